The van der Waals surface area contributed by atoms with E-state index in [0.717, 1.165) is 57.5 Å². The highest BCUT2D eigenvalue weighted by Crippen LogP contribution is 2.41. The fourth-order valence-corrected chi connectivity index (χ4v) is 5.00. The van der Waals surface area contributed by atoms with Gasteiger partial charge in [0.25, 0.3) is 5.91 Å². The molecule has 2 aliphatic rings. The Hall–Kier alpha value is -3.61. The SMILES string of the molecule is N=c1ccccn1N1CCC2(CCN(C(=O)c3cccc(Nc4ccccc4)n3)CC2)CC1. The third-order valence-corrected chi connectivity index (χ3v) is 7.07. The molecule has 1 amide bonds. The van der Waals surface area contributed by atoms with Crippen molar-refractivity contribution in [3.63, 3.8) is 0 Å². The van der Waals surface area contributed by atoms with Crippen LogP contribution < -0.4 is 15.8 Å². The van der Waals surface area contributed by atoms with Crippen LogP contribution in [0.5, 0.6) is 0 Å². The number of likely N-dealkylation sites (tertiary alicyclic amines) is 1. The second-order valence-electron chi connectivity index (χ2n) is 9.08. The normalized spacial score (nSPS) is 17.7. The Labute approximate surface area is 194 Å². The minimum Gasteiger partial charge on any atom is -0.340 e. The van der Waals surface area contributed by atoms with Crippen molar-refractivity contribution >= 4 is 17.4 Å². The Morgan fingerprint density at radius 1 is 0.848 bits per heavy atom. The number of hydrogen-bond acceptors (Lipinski definition) is 5. The zero-order chi connectivity index (χ0) is 22.7. The van der Waals surface area contributed by atoms with Gasteiger partial charge in [-0.05, 0) is 67.5 Å². The Bertz CT molecular complexity index is 1160. The number of pyridine rings is 2. The summed E-state index contributed by atoms with van der Waals surface area (Å²) < 4.78 is 1.95. The molecule has 2 fully saturated rings. The molecule has 7 heteroatoms. The summed E-state index contributed by atoms with van der Waals surface area (Å²) in [6.07, 6.45) is 6.23. The molecule has 2 aliphatic heterocycles. The van der Waals surface area contributed by atoms with Gasteiger partial charge < -0.3 is 15.2 Å². The summed E-state index contributed by atoms with van der Waals surface area (Å²) in [5, 5.41) is 13.7. The molecule has 4 heterocycles. The van der Waals surface area contributed by atoms with E-state index in [2.05, 4.69) is 15.3 Å². The number of nitrogens with one attached hydrogen (secondary N) is 2. The van der Waals surface area contributed by atoms with Gasteiger partial charge in [-0.1, -0.05) is 30.3 Å². The molecule has 0 bridgehead atoms. The van der Waals surface area contributed by atoms with Crippen molar-refractivity contribution < 1.29 is 4.79 Å². The molecule has 7 nitrogen and oxygen atoms in total. The van der Waals surface area contributed by atoms with Gasteiger partial charge in [-0.15, -0.1) is 0 Å². The predicted octanol–water partition coefficient (Wildman–Crippen LogP) is 3.76. The fourth-order valence-electron chi connectivity index (χ4n) is 5.00. The highest BCUT2D eigenvalue weighted by Gasteiger charge is 2.39. The highest BCUT2D eigenvalue weighted by atomic mass is 16.2. The molecule has 0 unspecified atom stereocenters. The number of amides is 1. The summed E-state index contributed by atoms with van der Waals surface area (Å²) in [7, 11) is 0. The Balaban J connectivity index is 1.19. The monoisotopic (exact) mass is 442 g/mol. The van der Waals surface area contributed by atoms with Gasteiger partial charge in [0, 0.05) is 38.1 Å². The third-order valence-electron chi connectivity index (χ3n) is 7.07. The zero-order valence-corrected chi connectivity index (χ0v) is 18.8. The average Bonchev–Trinajstić information content (AvgIpc) is 2.86. The molecular weight excluding hydrogens is 412 g/mol. The third kappa shape index (κ3) is 4.62. The number of para-hydroxylation sites is 1. The molecule has 0 aliphatic carbocycles. The van der Waals surface area contributed by atoms with Crippen LogP contribution in [0.15, 0.2) is 72.9 Å². The first-order valence-electron chi connectivity index (χ1n) is 11.7. The van der Waals surface area contributed by atoms with Crippen molar-refractivity contribution in [2.45, 2.75) is 25.7 Å². The van der Waals surface area contributed by atoms with Crippen molar-refractivity contribution in [3.8, 4) is 0 Å². The van der Waals surface area contributed by atoms with Crippen LogP contribution in [0.25, 0.3) is 0 Å². The first-order chi connectivity index (χ1) is 16.1. The van der Waals surface area contributed by atoms with E-state index in [-0.39, 0.29) is 5.91 Å². The first kappa shape index (κ1) is 21.2. The lowest BCUT2D eigenvalue weighted by Gasteiger charge is -2.47. The molecular formula is C26H30N6O. The van der Waals surface area contributed by atoms with Gasteiger partial charge >= 0.3 is 0 Å². The van der Waals surface area contributed by atoms with Gasteiger partial charge in [-0.2, -0.15) is 0 Å². The Kier molecular flexibility index (Phi) is 5.86. The standard InChI is InChI=1S/C26H30N6O/c27-23-10-4-5-16-32(23)31-19-14-26(15-20-31)12-17-30(18-13-26)25(33)22-9-6-11-24(29-22)28-21-7-2-1-3-8-21/h1-11,16,27H,12-15,17-20H2,(H,28,29). The molecule has 0 radical (unpaired) electrons. The smallest absolute Gasteiger partial charge is 0.272 e. The van der Waals surface area contributed by atoms with Crippen molar-refractivity contribution in [2.24, 2.45) is 5.41 Å². The number of benzene rings is 1. The van der Waals surface area contributed by atoms with Crippen molar-refractivity contribution in [1.82, 2.24) is 14.6 Å². The second-order valence-corrected chi connectivity index (χ2v) is 9.08. The van der Waals surface area contributed by atoms with Crippen LogP contribution in [0.2, 0.25) is 0 Å². The van der Waals surface area contributed by atoms with Gasteiger partial charge in [-0.3, -0.25) is 10.2 Å². The van der Waals surface area contributed by atoms with Gasteiger partial charge in [-0.25, -0.2) is 9.66 Å². The molecule has 3 aromatic rings. The van der Waals surface area contributed by atoms with Crippen molar-refractivity contribution in [3.05, 3.63) is 84.1 Å². The molecule has 5 rings (SSSR count). The summed E-state index contributed by atoms with van der Waals surface area (Å²) >= 11 is 0. The number of hydrogen-bond donors (Lipinski definition) is 2. The molecule has 1 spiro atoms. The minimum atomic E-state index is 0.0117. The summed E-state index contributed by atoms with van der Waals surface area (Å²) in [4.78, 5) is 19.7. The van der Waals surface area contributed by atoms with Crippen LogP contribution in [0.1, 0.15) is 36.2 Å². The fraction of sp³-hybridized carbons (Fsp3) is 0.346. The summed E-state index contributed by atoms with van der Waals surface area (Å²) in [5.74, 6) is 0.692. The van der Waals surface area contributed by atoms with E-state index in [1.54, 1.807) is 6.07 Å². The number of piperidine rings is 2. The Morgan fingerprint density at radius 3 is 2.27 bits per heavy atom. The maximum absolute atomic E-state index is 13.2. The molecule has 1 aromatic carbocycles. The molecule has 0 atom stereocenters. The minimum absolute atomic E-state index is 0.0117. The van der Waals surface area contributed by atoms with E-state index in [1.807, 2.05) is 76.4 Å². The maximum Gasteiger partial charge on any atom is 0.272 e. The zero-order valence-electron chi connectivity index (χ0n) is 18.8. The summed E-state index contributed by atoms with van der Waals surface area (Å²) in [5.41, 5.74) is 2.26. The quantitative estimate of drug-likeness (QED) is 0.645. The predicted molar refractivity (Wildman–Crippen MR) is 129 cm³/mol. The number of carbonyl (C=O) groups excluding carboxylic acids is 1. The number of carbonyl (C=O) groups is 1. The van der Waals surface area contributed by atoms with E-state index in [4.69, 9.17) is 5.41 Å². The summed E-state index contributed by atoms with van der Waals surface area (Å²) in [6, 6.07) is 21.1. The topological polar surface area (TPSA) is 77.2 Å². The number of anilines is 2. The molecule has 2 aromatic heterocycles. The highest BCUT2D eigenvalue weighted by molar-refractivity contribution is 5.92. The van der Waals surface area contributed by atoms with Gasteiger partial charge in [0.1, 0.15) is 17.0 Å². The first-order valence-corrected chi connectivity index (χ1v) is 11.7. The van der Waals surface area contributed by atoms with E-state index in [9.17, 15) is 4.79 Å². The number of nitrogens with zero attached hydrogens (tertiary/aromatic N) is 4. The van der Waals surface area contributed by atoms with Crippen LogP contribution in [-0.2, 0) is 0 Å². The molecule has 33 heavy (non-hydrogen) atoms. The van der Waals surface area contributed by atoms with Crippen LogP contribution in [0.3, 0.4) is 0 Å². The lowest BCUT2D eigenvalue weighted by Crippen LogP contribution is -2.52. The van der Waals surface area contributed by atoms with E-state index in [0.29, 0.717) is 22.4 Å². The molecule has 0 saturated carbocycles. The second kappa shape index (κ2) is 9.10. The lowest BCUT2D eigenvalue weighted by molar-refractivity contribution is 0.0494. The molecule has 2 saturated heterocycles. The van der Waals surface area contributed by atoms with Crippen LogP contribution >= 0.6 is 0 Å². The van der Waals surface area contributed by atoms with Crippen LogP contribution in [0.4, 0.5) is 11.5 Å². The van der Waals surface area contributed by atoms with Crippen LogP contribution in [0, 0.1) is 10.8 Å². The van der Waals surface area contributed by atoms with Crippen molar-refractivity contribution in [2.75, 3.05) is 36.5 Å². The lowest BCUT2D eigenvalue weighted by atomic mass is 9.71. The van der Waals surface area contributed by atoms with E-state index in [1.165, 1.54) is 0 Å². The molecule has 2 N–H and O–H groups in total. The van der Waals surface area contributed by atoms with Crippen LogP contribution in [-0.4, -0.2) is 46.6 Å². The van der Waals surface area contributed by atoms with E-state index >= 15 is 0 Å². The van der Waals surface area contributed by atoms with Gasteiger partial charge in [0.2, 0.25) is 0 Å². The molecule has 170 valence electrons. The largest absolute Gasteiger partial charge is 0.340 e. The van der Waals surface area contributed by atoms with E-state index < -0.39 is 0 Å². The van der Waals surface area contributed by atoms with Crippen molar-refractivity contribution in [1.29, 1.82) is 5.41 Å². The Morgan fingerprint density at radius 2 is 1.55 bits per heavy atom. The van der Waals surface area contributed by atoms with Gasteiger partial charge in [0.05, 0.1) is 0 Å². The maximum atomic E-state index is 13.2. The number of rotatable bonds is 4. The average molecular weight is 443 g/mol. The summed E-state index contributed by atoms with van der Waals surface area (Å²) in [6.45, 7) is 3.45. The number of aromatic nitrogens is 2. The van der Waals surface area contributed by atoms with Gasteiger partial charge in [0.15, 0.2) is 0 Å².